The molecule has 0 aliphatic carbocycles. The molecule has 0 saturated heterocycles. The van der Waals surface area contributed by atoms with Crippen molar-refractivity contribution >= 4 is 5.82 Å². The highest BCUT2D eigenvalue weighted by Gasteiger charge is 2.11. The van der Waals surface area contributed by atoms with Gasteiger partial charge in [0, 0.05) is 18.9 Å². The van der Waals surface area contributed by atoms with Gasteiger partial charge >= 0.3 is 0 Å². The van der Waals surface area contributed by atoms with Gasteiger partial charge < -0.3 is 9.88 Å². The maximum Gasteiger partial charge on any atom is 0.293 e. The van der Waals surface area contributed by atoms with Crippen LogP contribution in [0.1, 0.15) is 37.4 Å². The van der Waals surface area contributed by atoms with Gasteiger partial charge in [0.05, 0.1) is 6.04 Å². The predicted octanol–water partition coefficient (Wildman–Crippen LogP) is 3.27. The number of aryl methyl sites for hydroxylation is 2. The highest BCUT2D eigenvalue weighted by Crippen LogP contribution is 2.18. The molecule has 0 fully saturated rings. The molecule has 0 aliphatic rings. The molecule has 5 heteroatoms. The molecule has 112 valence electrons. The molecule has 21 heavy (non-hydrogen) atoms. The first-order valence-corrected chi connectivity index (χ1v) is 7.11. The molecule has 1 aromatic heterocycles. The van der Waals surface area contributed by atoms with Gasteiger partial charge in [-0.2, -0.15) is 0 Å². The zero-order chi connectivity index (χ0) is 15.4. The minimum absolute atomic E-state index is 0.154. The van der Waals surface area contributed by atoms with Crippen LogP contribution in [0.15, 0.2) is 35.4 Å². The Balaban J connectivity index is 2.23. The maximum absolute atomic E-state index is 13.6. The van der Waals surface area contributed by atoms with E-state index in [1.807, 2.05) is 19.9 Å². The Morgan fingerprint density at radius 1 is 1.43 bits per heavy atom. The summed E-state index contributed by atoms with van der Waals surface area (Å²) in [6.45, 7) is 6.27. The molecule has 0 amide bonds. The Morgan fingerprint density at radius 3 is 2.86 bits per heavy atom. The lowest BCUT2D eigenvalue weighted by atomic mass is 10.1. The summed E-state index contributed by atoms with van der Waals surface area (Å²) in [5, 5.41) is 3.06. The van der Waals surface area contributed by atoms with Gasteiger partial charge in [-0.05, 0) is 37.5 Å². The van der Waals surface area contributed by atoms with Crippen LogP contribution in [0.25, 0.3) is 0 Å². The fourth-order valence-corrected chi connectivity index (χ4v) is 2.13. The molecule has 0 aliphatic heterocycles. The first-order chi connectivity index (χ1) is 10.0. The van der Waals surface area contributed by atoms with Crippen molar-refractivity contribution in [1.82, 2.24) is 9.55 Å². The third-order valence-corrected chi connectivity index (χ3v) is 3.43. The van der Waals surface area contributed by atoms with E-state index in [0.29, 0.717) is 17.9 Å². The average Bonchev–Trinajstić information content (AvgIpc) is 2.46. The number of halogens is 1. The van der Waals surface area contributed by atoms with E-state index >= 15 is 0 Å². The summed E-state index contributed by atoms with van der Waals surface area (Å²) in [5.74, 6) is 0.0463. The first-order valence-electron chi connectivity index (χ1n) is 7.11. The second kappa shape index (κ2) is 6.52. The molecule has 1 atom stereocenters. The summed E-state index contributed by atoms with van der Waals surface area (Å²) < 4.78 is 15.2. The lowest BCUT2D eigenvalue weighted by molar-refractivity contribution is 0.614. The summed E-state index contributed by atoms with van der Waals surface area (Å²) in [5.41, 5.74) is 1.23. The Kier molecular flexibility index (Phi) is 4.73. The van der Waals surface area contributed by atoms with E-state index in [9.17, 15) is 9.18 Å². The van der Waals surface area contributed by atoms with Crippen LogP contribution in [0.4, 0.5) is 10.2 Å². The van der Waals surface area contributed by atoms with Crippen LogP contribution in [0.5, 0.6) is 0 Å². The molecule has 1 heterocycles. The Labute approximate surface area is 123 Å². The van der Waals surface area contributed by atoms with E-state index < -0.39 is 0 Å². The van der Waals surface area contributed by atoms with Crippen LogP contribution in [0, 0.1) is 12.7 Å². The van der Waals surface area contributed by atoms with Crippen LogP contribution in [-0.2, 0) is 6.54 Å². The monoisotopic (exact) mass is 289 g/mol. The van der Waals surface area contributed by atoms with Gasteiger partial charge in [0.25, 0.3) is 5.56 Å². The fourth-order valence-electron chi connectivity index (χ4n) is 2.13. The summed E-state index contributed by atoms with van der Waals surface area (Å²) in [7, 11) is 0. The van der Waals surface area contributed by atoms with Gasteiger partial charge in [0.1, 0.15) is 5.82 Å². The predicted molar refractivity (Wildman–Crippen MR) is 82.0 cm³/mol. The number of nitrogens with zero attached hydrogens (tertiary/aromatic N) is 2. The molecule has 0 spiro atoms. The maximum atomic E-state index is 13.6. The molecule has 1 N–H and O–H groups in total. The van der Waals surface area contributed by atoms with E-state index in [4.69, 9.17) is 0 Å². The van der Waals surface area contributed by atoms with Crippen LogP contribution in [-0.4, -0.2) is 9.55 Å². The lowest BCUT2D eigenvalue weighted by Crippen LogP contribution is -2.25. The molecule has 0 saturated carbocycles. The minimum atomic E-state index is -0.245. The largest absolute Gasteiger partial charge is 0.359 e. The van der Waals surface area contributed by atoms with Crippen LogP contribution in [0.2, 0.25) is 0 Å². The highest BCUT2D eigenvalue weighted by atomic mass is 19.1. The van der Waals surface area contributed by atoms with Gasteiger partial charge in [-0.3, -0.25) is 4.79 Å². The third kappa shape index (κ3) is 3.48. The number of benzene rings is 1. The Morgan fingerprint density at radius 2 is 2.19 bits per heavy atom. The molecule has 2 rings (SSSR count). The summed E-state index contributed by atoms with van der Waals surface area (Å²) in [6.07, 6.45) is 4.15. The van der Waals surface area contributed by atoms with Crippen LogP contribution >= 0.6 is 0 Å². The molecule has 1 unspecified atom stereocenters. The first kappa shape index (κ1) is 15.2. The van der Waals surface area contributed by atoms with Gasteiger partial charge in [0.15, 0.2) is 5.82 Å². The van der Waals surface area contributed by atoms with Crippen LogP contribution in [0.3, 0.4) is 0 Å². The van der Waals surface area contributed by atoms with Crippen molar-refractivity contribution in [2.24, 2.45) is 0 Å². The zero-order valence-corrected chi connectivity index (χ0v) is 12.6. The van der Waals surface area contributed by atoms with Crippen molar-refractivity contribution < 1.29 is 4.39 Å². The molecule has 2 aromatic rings. The van der Waals surface area contributed by atoms with E-state index in [-0.39, 0.29) is 17.4 Å². The van der Waals surface area contributed by atoms with Crippen molar-refractivity contribution in [3.63, 3.8) is 0 Å². The van der Waals surface area contributed by atoms with Crippen molar-refractivity contribution in [3.05, 3.63) is 57.9 Å². The SMILES string of the molecule is CCCn1ccnc(NC(C)c2ccc(C)c(F)c2)c1=O. The second-order valence-corrected chi connectivity index (χ2v) is 5.15. The van der Waals surface area contributed by atoms with Gasteiger partial charge in [-0.15, -0.1) is 0 Å². The molecular formula is C16H20FN3O. The van der Waals surface area contributed by atoms with Gasteiger partial charge in [-0.25, -0.2) is 9.37 Å². The Hall–Kier alpha value is -2.17. The highest BCUT2D eigenvalue weighted by molar-refractivity contribution is 5.36. The average molecular weight is 289 g/mol. The van der Waals surface area contributed by atoms with Crippen molar-refractivity contribution in [2.75, 3.05) is 5.32 Å². The quantitative estimate of drug-likeness (QED) is 0.919. The fraction of sp³-hybridized carbons (Fsp3) is 0.375. The molecule has 0 bridgehead atoms. The molecule has 0 radical (unpaired) electrons. The second-order valence-electron chi connectivity index (χ2n) is 5.15. The standard InChI is InChI=1S/C16H20FN3O/c1-4-8-20-9-7-18-15(16(20)21)19-12(3)13-6-5-11(2)14(17)10-13/h5-7,9-10,12H,4,8H2,1-3H3,(H,18,19). The number of rotatable bonds is 5. The van der Waals surface area contributed by atoms with Crippen molar-refractivity contribution in [1.29, 1.82) is 0 Å². The number of hydrogen-bond donors (Lipinski definition) is 1. The topological polar surface area (TPSA) is 46.9 Å². The molecule has 1 aromatic carbocycles. The normalized spacial score (nSPS) is 12.2. The van der Waals surface area contributed by atoms with Crippen molar-refractivity contribution in [3.8, 4) is 0 Å². The van der Waals surface area contributed by atoms with Crippen molar-refractivity contribution in [2.45, 2.75) is 39.8 Å². The number of aromatic nitrogens is 2. The Bertz CT molecular complexity index is 681. The van der Waals surface area contributed by atoms with Crippen LogP contribution < -0.4 is 10.9 Å². The molecule has 4 nitrogen and oxygen atoms in total. The molecular weight excluding hydrogens is 269 g/mol. The van der Waals surface area contributed by atoms with E-state index in [2.05, 4.69) is 10.3 Å². The van der Waals surface area contributed by atoms with Gasteiger partial charge in [-0.1, -0.05) is 19.1 Å². The number of anilines is 1. The number of nitrogens with one attached hydrogen (secondary N) is 1. The number of hydrogen-bond acceptors (Lipinski definition) is 3. The smallest absolute Gasteiger partial charge is 0.293 e. The summed E-state index contributed by atoms with van der Waals surface area (Å²) >= 11 is 0. The van der Waals surface area contributed by atoms with Gasteiger partial charge in [0.2, 0.25) is 0 Å². The summed E-state index contributed by atoms with van der Waals surface area (Å²) in [4.78, 5) is 16.3. The minimum Gasteiger partial charge on any atom is -0.359 e. The zero-order valence-electron chi connectivity index (χ0n) is 12.6. The van der Waals surface area contributed by atoms with E-state index in [1.165, 1.54) is 6.07 Å². The van der Waals surface area contributed by atoms with E-state index in [1.54, 1.807) is 30.0 Å². The van der Waals surface area contributed by atoms with E-state index in [0.717, 1.165) is 12.0 Å². The third-order valence-electron chi connectivity index (χ3n) is 3.43. The lowest BCUT2D eigenvalue weighted by Gasteiger charge is -2.16. The summed E-state index contributed by atoms with van der Waals surface area (Å²) in [6, 6.07) is 4.87.